The number of amides is 2. The first-order valence-electron chi connectivity index (χ1n) is 6.66. The Balaban J connectivity index is 2.20. The van der Waals surface area contributed by atoms with E-state index in [1.807, 2.05) is 13.8 Å². The standard InChI is InChI=1S/C13H22N2O3/c1-4-13(2)12(17)14-10(9-5-6-9)11(16)15(13)7-8-18-3/h9-10H,4-8H2,1-3H3,(H,14,17). The average molecular weight is 254 g/mol. The minimum atomic E-state index is -0.735. The first-order chi connectivity index (χ1) is 8.54. The molecule has 2 aliphatic rings. The lowest BCUT2D eigenvalue weighted by Crippen LogP contribution is -2.70. The van der Waals surface area contributed by atoms with Crippen LogP contribution < -0.4 is 5.32 Å². The van der Waals surface area contributed by atoms with Gasteiger partial charge in [-0.1, -0.05) is 6.92 Å². The highest BCUT2D eigenvalue weighted by molar-refractivity contribution is 5.99. The molecule has 1 saturated heterocycles. The number of ether oxygens (including phenoxy) is 1. The monoisotopic (exact) mass is 254 g/mol. The Labute approximate surface area is 108 Å². The van der Waals surface area contributed by atoms with Gasteiger partial charge < -0.3 is 15.0 Å². The zero-order valence-corrected chi connectivity index (χ0v) is 11.4. The Morgan fingerprint density at radius 1 is 1.44 bits per heavy atom. The number of rotatable bonds is 5. The second-order valence-corrected chi connectivity index (χ2v) is 5.40. The van der Waals surface area contributed by atoms with Gasteiger partial charge in [0.05, 0.1) is 6.61 Å². The van der Waals surface area contributed by atoms with Crippen LogP contribution in [0.3, 0.4) is 0 Å². The summed E-state index contributed by atoms with van der Waals surface area (Å²) < 4.78 is 5.05. The van der Waals surface area contributed by atoms with Crippen molar-refractivity contribution in [2.45, 2.75) is 44.7 Å². The van der Waals surface area contributed by atoms with Gasteiger partial charge >= 0.3 is 0 Å². The van der Waals surface area contributed by atoms with E-state index in [1.54, 1.807) is 12.0 Å². The van der Waals surface area contributed by atoms with E-state index in [-0.39, 0.29) is 17.9 Å². The Hall–Kier alpha value is -1.10. The third-order valence-corrected chi connectivity index (χ3v) is 4.20. The second kappa shape index (κ2) is 4.88. The van der Waals surface area contributed by atoms with Crippen molar-refractivity contribution in [3.63, 3.8) is 0 Å². The van der Waals surface area contributed by atoms with E-state index in [0.29, 0.717) is 25.5 Å². The van der Waals surface area contributed by atoms with E-state index in [4.69, 9.17) is 4.74 Å². The molecule has 1 aliphatic carbocycles. The SMILES string of the molecule is CCC1(C)C(=O)NC(C2CC2)C(=O)N1CCOC. The van der Waals surface area contributed by atoms with Crippen molar-refractivity contribution in [1.29, 1.82) is 0 Å². The fourth-order valence-electron chi connectivity index (χ4n) is 2.53. The topological polar surface area (TPSA) is 58.6 Å². The van der Waals surface area contributed by atoms with Crippen molar-refractivity contribution in [2.75, 3.05) is 20.3 Å². The van der Waals surface area contributed by atoms with Gasteiger partial charge in [-0.2, -0.15) is 0 Å². The van der Waals surface area contributed by atoms with Crippen LogP contribution in [0.2, 0.25) is 0 Å². The number of hydrogen-bond donors (Lipinski definition) is 1. The van der Waals surface area contributed by atoms with Crippen molar-refractivity contribution in [3.8, 4) is 0 Å². The van der Waals surface area contributed by atoms with E-state index >= 15 is 0 Å². The lowest BCUT2D eigenvalue weighted by molar-refractivity contribution is -0.158. The van der Waals surface area contributed by atoms with Gasteiger partial charge in [-0.05, 0) is 32.1 Å². The minimum absolute atomic E-state index is 0.0300. The smallest absolute Gasteiger partial charge is 0.246 e. The van der Waals surface area contributed by atoms with Gasteiger partial charge in [0.25, 0.3) is 0 Å². The van der Waals surface area contributed by atoms with Crippen molar-refractivity contribution >= 4 is 11.8 Å². The first kappa shape index (κ1) is 13.3. The number of methoxy groups -OCH3 is 1. The zero-order valence-electron chi connectivity index (χ0n) is 11.4. The van der Waals surface area contributed by atoms with Crippen LogP contribution in [0.25, 0.3) is 0 Å². The van der Waals surface area contributed by atoms with Crippen LogP contribution in [0.5, 0.6) is 0 Å². The Kier molecular flexibility index (Phi) is 3.61. The summed E-state index contributed by atoms with van der Waals surface area (Å²) in [4.78, 5) is 26.5. The summed E-state index contributed by atoms with van der Waals surface area (Å²) in [5.74, 6) is 0.365. The van der Waals surface area contributed by atoms with Gasteiger partial charge in [-0.3, -0.25) is 9.59 Å². The molecule has 2 atom stereocenters. The largest absolute Gasteiger partial charge is 0.383 e. The van der Waals surface area contributed by atoms with Crippen LogP contribution in [0.4, 0.5) is 0 Å². The van der Waals surface area contributed by atoms with Crippen molar-refractivity contribution in [3.05, 3.63) is 0 Å². The van der Waals surface area contributed by atoms with Gasteiger partial charge in [0.1, 0.15) is 11.6 Å². The molecule has 5 nitrogen and oxygen atoms in total. The quantitative estimate of drug-likeness (QED) is 0.779. The van der Waals surface area contributed by atoms with Crippen LogP contribution in [0.1, 0.15) is 33.1 Å². The zero-order chi connectivity index (χ0) is 13.3. The highest BCUT2D eigenvalue weighted by Gasteiger charge is 2.51. The molecule has 1 heterocycles. The molecule has 18 heavy (non-hydrogen) atoms. The van der Waals surface area contributed by atoms with Gasteiger partial charge in [0.2, 0.25) is 11.8 Å². The molecule has 0 bridgehead atoms. The van der Waals surface area contributed by atoms with E-state index in [2.05, 4.69) is 5.32 Å². The summed E-state index contributed by atoms with van der Waals surface area (Å²) in [6, 6.07) is -0.311. The Morgan fingerprint density at radius 3 is 2.61 bits per heavy atom. The molecule has 0 aromatic rings. The molecule has 0 aromatic heterocycles. The highest BCUT2D eigenvalue weighted by atomic mass is 16.5. The lowest BCUT2D eigenvalue weighted by Gasteiger charge is -2.46. The molecule has 0 aromatic carbocycles. The fourth-order valence-corrected chi connectivity index (χ4v) is 2.53. The average Bonchev–Trinajstić information content (AvgIpc) is 3.18. The van der Waals surface area contributed by atoms with Gasteiger partial charge in [-0.25, -0.2) is 0 Å². The first-order valence-corrected chi connectivity index (χ1v) is 6.66. The molecule has 2 unspecified atom stereocenters. The van der Waals surface area contributed by atoms with E-state index in [0.717, 1.165) is 12.8 Å². The van der Waals surface area contributed by atoms with Crippen molar-refractivity contribution in [1.82, 2.24) is 10.2 Å². The van der Waals surface area contributed by atoms with Gasteiger partial charge in [-0.15, -0.1) is 0 Å². The molecule has 0 spiro atoms. The third-order valence-electron chi connectivity index (χ3n) is 4.20. The Morgan fingerprint density at radius 2 is 2.11 bits per heavy atom. The molecule has 5 heteroatoms. The fraction of sp³-hybridized carbons (Fsp3) is 0.846. The minimum Gasteiger partial charge on any atom is -0.383 e. The molecule has 2 amide bonds. The van der Waals surface area contributed by atoms with Crippen molar-refractivity contribution < 1.29 is 14.3 Å². The molecule has 102 valence electrons. The van der Waals surface area contributed by atoms with Crippen LogP contribution in [0.15, 0.2) is 0 Å². The van der Waals surface area contributed by atoms with Gasteiger partial charge in [0, 0.05) is 13.7 Å². The summed E-state index contributed by atoms with van der Waals surface area (Å²) >= 11 is 0. The summed E-state index contributed by atoms with van der Waals surface area (Å²) in [5, 5.41) is 2.91. The molecular formula is C13H22N2O3. The lowest BCUT2D eigenvalue weighted by atomic mass is 9.89. The van der Waals surface area contributed by atoms with Gasteiger partial charge in [0.15, 0.2) is 0 Å². The van der Waals surface area contributed by atoms with E-state index in [9.17, 15) is 9.59 Å². The molecule has 1 aliphatic heterocycles. The van der Waals surface area contributed by atoms with Crippen LogP contribution in [-0.2, 0) is 14.3 Å². The Bertz CT molecular complexity index is 354. The summed E-state index contributed by atoms with van der Waals surface area (Å²) in [6.07, 6.45) is 2.70. The molecule has 0 radical (unpaired) electrons. The maximum absolute atomic E-state index is 12.5. The number of carbonyl (C=O) groups is 2. The number of carbonyl (C=O) groups excluding carboxylic acids is 2. The molecule has 1 N–H and O–H groups in total. The normalized spacial score (nSPS) is 32.6. The molecule has 2 fully saturated rings. The van der Waals surface area contributed by atoms with Crippen LogP contribution in [0, 0.1) is 5.92 Å². The highest BCUT2D eigenvalue weighted by Crippen LogP contribution is 2.37. The number of hydrogen-bond acceptors (Lipinski definition) is 3. The number of nitrogens with zero attached hydrogens (tertiary/aromatic N) is 1. The summed E-state index contributed by atoms with van der Waals surface area (Å²) in [6.45, 7) is 4.71. The third kappa shape index (κ3) is 2.11. The summed E-state index contributed by atoms with van der Waals surface area (Å²) in [5.41, 5.74) is -0.735. The predicted octanol–water partition coefficient (Wildman–Crippen LogP) is 0.539. The maximum atomic E-state index is 12.5. The second-order valence-electron chi connectivity index (χ2n) is 5.40. The van der Waals surface area contributed by atoms with Crippen LogP contribution >= 0.6 is 0 Å². The molecule has 1 saturated carbocycles. The summed E-state index contributed by atoms with van der Waals surface area (Å²) in [7, 11) is 1.61. The van der Waals surface area contributed by atoms with E-state index in [1.165, 1.54) is 0 Å². The van der Waals surface area contributed by atoms with Crippen LogP contribution in [-0.4, -0.2) is 48.6 Å². The van der Waals surface area contributed by atoms with E-state index < -0.39 is 5.54 Å². The number of piperazine rings is 1. The number of nitrogens with one attached hydrogen (secondary N) is 1. The predicted molar refractivity (Wildman–Crippen MR) is 66.9 cm³/mol. The molecule has 2 rings (SSSR count). The van der Waals surface area contributed by atoms with Crippen molar-refractivity contribution in [2.24, 2.45) is 5.92 Å². The molecular weight excluding hydrogens is 232 g/mol. The maximum Gasteiger partial charge on any atom is 0.246 e.